The third-order valence-electron chi connectivity index (χ3n) is 1.56. The van der Waals surface area contributed by atoms with Gasteiger partial charge in [0, 0.05) is 6.54 Å². The van der Waals surface area contributed by atoms with E-state index in [1.54, 1.807) is 0 Å². The summed E-state index contributed by atoms with van der Waals surface area (Å²) >= 11 is 0. The topological polar surface area (TPSA) is 114 Å². The Labute approximate surface area is 82.7 Å². The van der Waals surface area contributed by atoms with E-state index >= 15 is 0 Å². The number of aliphatic imine (C=N–C) groups is 1. The van der Waals surface area contributed by atoms with Gasteiger partial charge in [-0.2, -0.15) is 0 Å². The van der Waals surface area contributed by atoms with Crippen LogP contribution in [-0.4, -0.2) is 29.6 Å². The summed E-state index contributed by atoms with van der Waals surface area (Å²) in [5.74, 6) is -0.886. The molecule has 0 aliphatic rings. The van der Waals surface area contributed by atoms with Gasteiger partial charge >= 0.3 is 5.97 Å². The molecule has 6 nitrogen and oxygen atoms in total. The number of aliphatic carboxylic acids is 1. The van der Waals surface area contributed by atoms with Crippen LogP contribution >= 0.6 is 0 Å². The molecule has 0 bridgehead atoms. The summed E-state index contributed by atoms with van der Waals surface area (Å²) in [4.78, 5) is 14.4. The van der Waals surface area contributed by atoms with Crippen molar-refractivity contribution in [2.24, 2.45) is 16.5 Å². The lowest BCUT2D eigenvalue weighted by Gasteiger charge is -2.10. The Balaban J connectivity index is 3.77. The molecule has 0 radical (unpaired) electrons. The molecule has 0 aliphatic heterocycles. The Morgan fingerprint density at radius 3 is 2.71 bits per heavy atom. The maximum Gasteiger partial charge on any atom is 0.326 e. The number of carbonyl (C=O) groups is 1. The fourth-order valence-electron chi connectivity index (χ4n) is 0.924. The molecular formula is C8H16N4O2. The van der Waals surface area contributed by atoms with Gasteiger partial charge in [-0.15, -0.1) is 0 Å². The lowest BCUT2D eigenvalue weighted by atomic mass is 10.1. The highest BCUT2D eigenvalue weighted by atomic mass is 16.4. The molecule has 0 aromatic carbocycles. The summed E-state index contributed by atoms with van der Waals surface area (Å²) < 4.78 is 0. The number of nitrogens with one attached hydrogen (secondary N) is 1. The number of nitrogens with zero attached hydrogens (tertiary/aromatic N) is 1. The quantitative estimate of drug-likeness (QED) is 0.245. The molecule has 0 saturated heterocycles. The van der Waals surface area contributed by atoms with Crippen LogP contribution in [0.4, 0.5) is 0 Å². The van der Waals surface area contributed by atoms with Crippen LogP contribution in [-0.2, 0) is 4.79 Å². The maximum absolute atomic E-state index is 10.6. The first kappa shape index (κ1) is 12.3. The van der Waals surface area contributed by atoms with Gasteiger partial charge in [-0.1, -0.05) is 6.58 Å². The molecule has 0 aromatic heterocycles. The van der Waals surface area contributed by atoms with Crippen LogP contribution in [0, 0.1) is 0 Å². The van der Waals surface area contributed by atoms with Crippen molar-refractivity contribution in [1.82, 2.24) is 5.32 Å². The summed E-state index contributed by atoms with van der Waals surface area (Å²) in [6.07, 6.45) is 2.42. The normalized spacial score (nSPS) is 11.4. The summed E-state index contributed by atoms with van der Waals surface area (Å²) in [6.45, 7) is 3.83. The van der Waals surface area contributed by atoms with Gasteiger partial charge in [0.1, 0.15) is 6.04 Å². The zero-order valence-electron chi connectivity index (χ0n) is 7.94. The molecule has 14 heavy (non-hydrogen) atoms. The number of carboxylic acid groups (broad SMARTS) is 1. The van der Waals surface area contributed by atoms with Crippen LogP contribution in [0.3, 0.4) is 0 Å². The minimum Gasteiger partial charge on any atom is -0.480 e. The summed E-state index contributed by atoms with van der Waals surface area (Å²) in [6, 6.07) is -0.623. The highest BCUT2D eigenvalue weighted by Crippen LogP contribution is 1.98. The predicted octanol–water partition coefficient (Wildman–Crippen LogP) is -0.774. The SMILES string of the molecule is C=CN[C@@H](CCCN=C(N)N)C(=O)O. The molecule has 0 amide bonds. The van der Waals surface area contributed by atoms with Crippen molar-refractivity contribution in [2.45, 2.75) is 18.9 Å². The van der Waals surface area contributed by atoms with Crippen LogP contribution in [0.5, 0.6) is 0 Å². The zero-order chi connectivity index (χ0) is 11.0. The van der Waals surface area contributed by atoms with Gasteiger partial charge in [0.25, 0.3) is 0 Å². The largest absolute Gasteiger partial charge is 0.480 e. The van der Waals surface area contributed by atoms with E-state index in [2.05, 4.69) is 16.9 Å². The minimum absolute atomic E-state index is 0.0218. The number of guanidine groups is 1. The van der Waals surface area contributed by atoms with E-state index in [0.717, 1.165) is 0 Å². The van der Waals surface area contributed by atoms with Gasteiger partial charge in [0.05, 0.1) is 0 Å². The number of hydrogen-bond acceptors (Lipinski definition) is 3. The zero-order valence-corrected chi connectivity index (χ0v) is 7.94. The first-order chi connectivity index (χ1) is 6.57. The number of nitrogens with two attached hydrogens (primary N) is 2. The number of rotatable bonds is 7. The summed E-state index contributed by atoms with van der Waals surface area (Å²) in [5, 5.41) is 11.3. The number of hydrogen-bond donors (Lipinski definition) is 4. The first-order valence-electron chi connectivity index (χ1n) is 4.23. The van der Waals surface area contributed by atoms with Crippen LogP contribution in [0.15, 0.2) is 17.8 Å². The van der Waals surface area contributed by atoms with Gasteiger partial charge < -0.3 is 21.9 Å². The van der Waals surface area contributed by atoms with Gasteiger partial charge in [0.2, 0.25) is 0 Å². The van der Waals surface area contributed by atoms with E-state index in [4.69, 9.17) is 16.6 Å². The van der Waals surface area contributed by atoms with Gasteiger partial charge in [-0.3, -0.25) is 4.99 Å². The van der Waals surface area contributed by atoms with Crippen molar-refractivity contribution >= 4 is 11.9 Å². The minimum atomic E-state index is -0.908. The van der Waals surface area contributed by atoms with E-state index in [1.165, 1.54) is 6.20 Å². The van der Waals surface area contributed by atoms with E-state index < -0.39 is 12.0 Å². The van der Waals surface area contributed by atoms with Gasteiger partial charge in [-0.05, 0) is 19.0 Å². The molecule has 0 unspecified atom stereocenters. The number of carboxylic acids is 1. The molecule has 0 spiro atoms. The van der Waals surface area contributed by atoms with Gasteiger partial charge in [0.15, 0.2) is 5.96 Å². The van der Waals surface area contributed by atoms with Crippen molar-refractivity contribution in [2.75, 3.05) is 6.54 Å². The Morgan fingerprint density at radius 2 is 2.29 bits per heavy atom. The molecule has 80 valence electrons. The van der Waals surface area contributed by atoms with E-state index in [-0.39, 0.29) is 5.96 Å². The fraction of sp³-hybridized carbons (Fsp3) is 0.500. The highest BCUT2D eigenvalue weighted by Gasteiger charge is 2.13. The van der Waals surface area contributed by atoms with Gasteiger partial charge in [-0.25, -0.2) is 4.79 Å². The van der Waals surface area contributed by atoms with Crippen molar-refractivity contribution in [3.05, 3.63) is 12.8 Å². The standard InChI is InChI=1S/C8H16N4O2/c1-2-11-6(7(13)14)4-3-5-12-8(9)10/h2,6,11H,1,3-5H2,(H,13,14)(H4,9,10,12)/t6-/m0/s1. The maximum atomic E-state index is 10.6. The first-order valence-corrected chi connectivity index (χ1v) is 4.23. The molecular weight excluding hydrogens is 184 g/mol. The molecule has 6 heteroatoms. The summed E-state index contributed by atoms with van der Waals surface area (Å²) in [7, 11) is 0. The predicted molar refractivity (Wildman–Crippen MR) is 54.7 cm³/mol. The van der Waals surface area contributed by atoms with E-state index in [1.807, 2.05) is 0 Å². The Hall–Kier alpha value is -1.72. The third-order valence-corrected chi connectivity index (χ3v) is 1.56. The van der Waals surface area contributed by atoms with Crippen molar-refractivity contribution in [1.29, 1.82) is 0 Å². The summed E-state index contributed by atoms with van der Waals surface area (Å²) in [5.41, 5.74) is 10.2. The average molecular weight is 200 g/mol. The van der Waals surface area contributed by atoms with E-state index in [9.17, 15) is 4.79 Å². The molecule has 0 fully saturated rings. The lowest BCUT2D eigenvalue weighted by Crippen LogP contribution is -2.33. The molecule has 0 aromatic rings. The van der Waals surface area contributed by atoms with Crippen molar-refractivity contribution in [3.8, 4) is 0 Å². The third kappa shape index (κ3) is 5.87. The van der Waals surface area contributed by atoms with E-state index in [0.29, 0.717) is 19.4 Å². The molecule has 0 saturated carbocycles. The monoisotopic (exact) mass is 200 g/mol. The smallest absolute Gasteiger partial charge is 0.326 e. The van der Waals surface area contributed by atoms with Crippen LogP contribution in [0.1, 0.15) is 12.8 Å². The Kier molecular flexibility index (Phi) is 5.93. The fourth-order valence-corrected chi connectivity index (χ4v) is 0.924. The van der Waals surface area contributed by atoms with Crippen LogP contribution < -0.4 is 16.8 Å². The van der Waals surface area contributed by atoms with Crippen molar-refractivity contribution in [3.63, 3.8) is 0 Å². The highest BCUT2D eigenvalue weighted by molar-refractivity contribution is 5.75. The van der Waals surface area contributed by atoms with Crippen LogP contribution in [0.25, 0.3) is 0 Å². The lowest BCUT2D eigenvalue weighted by molar-refractivity contribution is -0.139. The molecule has 0 heterocycles. The molecule has 0 rings (SSSR count). The average Bonchev–Trinajstić information content (AvgIpc) is 2.09. The second-order valence-corrected chi connectivity index (χ2v) is 2.71. The van der Waals surface area contributed by atoms with Crippen LogP contribution in [0.2, 0.25) is 0 Å². The molecule has 0 aliphatic carbocycles. The second kappa shape index (κ2) is 6.76. The molecule has 1 atom stereocenters. The van der Waals surface area contributed by atoms with Crippen molar-refractivity contribution < 1.29 is 9.90 Å². The molecule has 6 N–H and O–H groups in total. The Morgan fingerprint density at radius 1 is 1.64 bits per heavy atom. The Bertz CT molecular complexity index is 223. The second-order valence-electron chi connectivity index (χ2n) is 2.71.